The second kappa shape index (κ2) is 5.43. The van der Waals surface area contributed by atoms with Crippen LogP contribution < -0.4 is 5.32 Å². The summed E-state index contributed by atoms with van der Waals surface area (Å²) in [4.78, 5) is 15.2. The highest BCUT2D eigenvalue weighted by molar-refractivity contribution is 9.10. The average molecular weight is 373 g/mol. The summed E-state index contributed by atoms with van der Waals surface area (Å²) in [5, 5.41) is 14.3. The lowest BCUT2D eigenvalue weighted by molar-refractivity contribution is -0.384. The van der Waals surface area contributed by atoms with E-state index in [2.05, 4.69) is 25.6 Å². The molecule has 1 atom stereocenters. The monoisotopic (exact) mass is 372 g/mol. The van der Waals surface area contributed by atoms with Gasteiger partial charge in [-0.25, -0.2) is 4.98 Å². The van der Waals surface area contributed by atoms with Crippen molar-refractivity contribution in [3.63, 3.8) is 0 Å². The summed E-state index contributed by atoms with van der Waals surface area (Å²) in [5.74, 6) is 0. The molecule has 23 heavy (non-hydrogen) atoms. The maximum atomic E-state index is 10.8. The number of imidazole rings is 1. The third-order valence-corrected chi connectivity index (χ3v) is 4.59. The van der Waals surface area contributed by atoms with Crippen LogP contribution in [-0.4, -0.2) is 20.9 Å². The minimum atomic E-state index is -0.380. The number of benzene rings is 1. The summed E-state index contributed by atoms with van der Waals surface area (Å²) in [7, 11) is 0. The second-order valence-electron chi connectivity index (χ2n) is 5.51. The molecule has 0 spiro atoms. The molecular weight excluding hydrogens is 360 g/mol. The van der Waals surface area contributed by atoms with Gasteiger partial charge in [-0.15, -0.1) is 0 Å². The van der Waals surface area contributed by atoms with Crippen molar-refractivity contribution in [3.05, 3.63) is 74.1 Å². The third-order valence-electron chi connectivity index (χ3n) is 4.12. The molecule has 0 radical (unpaired) electrons. The summed E-state index contributed by atoms with van der Waals surface area (Å²) in [6.07, 6.45) is 2.88. The molecule has 0 aliphatic carbocycles. The number of halogens is 1. The summed E-state index contributed by atoms with van der Waals surface area (Å²) < 4.78 is 3.07. The van der Waals surface area contributed by atoms with E-state index in [1.54, 1.807) is 12.1 Å². The van der Waals surface area contributed by atoms with Crippen LogP contribution in [0.2, 0.25) is 0 Å². The van der Waals surface area contributed by atoms with Crippen molar-refractivity contribution in [1.82, 2.24) is 14.7 Å². The van der Waals surface area contributed by atoms with E-state index in [1.807, 2.05) is 30.5 Å². The van der Waals surface area contributed by atoms with Gasteiger partial charge in [0.05, 0.1) is 22.4 Å². The van der Waals surface area contributed by atoms with E-state index < -0.39 is 0 Å². The molecule has 6 nitrogen and oxygen atoms in total. The molecule has 1 N–H and O–H groups in total. The molecule has 3 aromatic rings. The maximum absolute atomic E-state index is 10.8. The van der Waals surface area contributed by atoms with Crippen LogP contribution in [0.25, 0.3) is 5.65 Å². The first-order chi connectivity index (χ1) is 11.1. The highest BCUT2D eigenvalue weighted by Crippen LogP contribution is 2.31. The van der Waals surface area contributed by atoms with Crippen molar-refractivity contribution in [2.45, 2.75) is 12.5 Å². The zero-order valence-corrected chi connectivity index (χ0v) is 13.7. The molecule has 116 valence electrons. The smallest absolute Gasteiger partial charge is 0.269 e. The predicted molar refractivity (Wildman–Crippen MR) is 89.5 cm³/mol. The molecule has 1 aromatic carbocycles. The fourth-order valence-corrected chi connectivity index (χ4v) is 3.41. The van der Waals surface area contributed by atoms with Crippen LogP contribution in [0.5, 0.6) is 0 Å². The Kier molecular flexibility index (Phi) is 3.39. The third kappa shape index (κ3) is 2.42. The van der Waals surface area contributed by atoms with E-state index >= 15 is 0 Å². The quantitative estimate of drug-likeness (QED) is 0.553. The van der Waals surface area contributed by atoms with Gasteiger partial charge in [0.2, 0.25) is 0 Å². The van der Waals surface area contributed by atoms with Crippen LogP contribution in [0.4, 0.5) is 5.69 Å². The number of hydrogen-bond acceptors (Lipinski definition) is 4. The zero-order valence-electron chi connectivity index (χ0n) is 12.1. The normalized spacial score (nSPS) is 17.2. The minimum absolute atomic E-state index is 0.0242. The number of hydrogen-bond donors (Lipinski definition) is 1. The lowest BCUT2D eigenvalue weighted by Crippen LogP contribution is -2.31. The summed E-state index contributed by atoms with van der Waals surface area (Å²) in [5.41, 5.74) is 4.18. The highest BCUT2D eigenvalue weighted by atomic mass is 79.9. The van der Waals surface area contributed by atoms with Gasteiger partial charge in [0.15, 0.2) is 0 Å². The van der Waals surface area contributed by atoms with Gasteiger partial charge in [-0.3, -0.25) is 10.1 Å². The number of aromatic nitrogens is 2. The maximum Gasteiger partial charge on any atom is 0.269 e. The van der Waals surface area contributed by atoms with Gasteiger partial charge in [0.1, 0.15) is 5.65 Å². The molecule has 1 aliphatic rings. The van der Waals surface area contributed by atoms with E-state index in [9.17, 15) is 10.1 Å². The Morgan fingerprint density at radius 1 is 1.26 bits per heavy atom. The number of fused-ring (bicyclic) bond motifs is 3. The molecule has 1 unspecified atom stereocenters. The number of pyridine rings is 1. The predicted octanol–water partition coefficient (Wildman–Crippen LogP) is 3.24. The lowest BCUT2D eigenvalue weighted by atomic mass is 9.97. The van der Waals surface area contributed by atoms with E-state index in [-0.39, 0.29) is 16.7 Å². The van der Waals surface area contributed by atoms with Crippen molar-refractivity contribution in [2.75, 3.05) is 6.54 Å². The Morgan fingerprint density at radius 3 is 2.78 bits per heavy atom. The molecule has 0 bridgehead atoms. The van der Waals surface area contributed by atoms with Crippen LogP contribution in [0.3, 0.4) is 0 Å². The van der Waals surface area contributed by atoms with Gasteiger partial charge < -0.3 is 9.72 Å². The second-order valence-corrected chi connectivity index (χ2v) is 6.42. The van der Waals surface area contributed by atoms with Gasteiger partial charge in [0, 0.05) is 35.8 Å². The molecule has 4 rings (SSSR count). The first-order valence-electron chi connectivity index (χ1n) is 7.27. The van der Waals surface area contributed by atoms with Crippen molar-refractivity contribution in [3.8, 4) is 0 Å². The van der Waals surface area contributed by atoms with Crippen molar-refractivity contribution >= 4 is 27.3 Å². The molecular formula is C16H13BrN4O2. The first kappa shape index (κ1) is 14.3. The Labute approximate surface area is 140 Å². The van der Waals surface area contributed by atoms with E-state index in [0.717, 1.165) is 40.0 Å². The zero-order chi connectivity index (χ0) is 16.0. The number of nitrogens with one attached hydrogen (secondary N) is 1. The molecule has 7 heteroatoms. The van der Waals surface area contributed by atoms with Crippen LogP contribution in [-0.2, 0) is 6.42 Å². The SMILES string of the molecule is O=[N+]([O-])c1ccc(C2NCCc3nc4ccc(Br)cn4c32)cc1. The Hall–Kier alpha value is -2.25. The first-order valence-corrected chi connectivity index (χ1v) is 8.07. The van der Waals surface area contributed by atoms with Crippen LogP contribution in [0.15, 0.2) is 47.1 Å². The highest BCUT2D eigenvalue weighted by Gasteiger charge is 2.26. The molecule has 0 amide bonds. The summed E-state index contributed by atoms with van der Waals surface area (Å²) >= 11 is 3.50. The van der Waals surface area contributed by atoms with Crippen molar-refractivity contribution in [2.24, 2.45) is 0 Å². The number of nitro benzene ring substituents is 1. The van der Waals surface area contributed by atoms with E-state index in [0.29, 0.717) is 0 Å². The lowest BCUT2D eigenvalue weighted by Gasteiger charge is -2.24. The van der Waals surface area contributed by atoms with Gasteiger partial charge in [-0.2, -0.15) is 0 Å². The number of nitro groups is 1. The minimum Gasteiger partial charge on any atom is -0.305 e. The van der Waals surface area contributed by atoms with Gasteiger partial charge >= 0.3 is 0 Å². The Morgan fingerprint density at radius 2 is 2.04 bits per heavy atom. The summed E-state index contributed by atoms with van der Waals surface area (Å²) in [6.45, 7) is 0.833. The molecule has 0 fully saturated rings. The van der Waals surface area contributed by atoms with Gasteiger partial charge in [0.25, 0.3) is 5.69 Å². The molecule has 1 aliphatic heterocycles. The number of non-ortho nitro benzene ring substituents is 1. The molecule has 2 aromatic heterocycles. The van der Waals surface area contributed by atoms with Crippen LogP contribution in [0.1, 0.15) is 23.0 Å². The van der Waals surface area contributed by atoms with Gasteiger partial charge in [-0.05, 0) is 33.6 Å². The largest absolute Gasteiger partial charge is 0.305 e. The number of rotatable bonds is 2. The molecule has 0 saturated carbocycles. The fourth-order valence-electron chi connectivity index (χ4n) is 3.07. The molecule has 0 saturated heterocycles. The Bertz CT molecular complexity index is 904. The standard InChI is InChI=1S/C16H13BrN4O2/c17-11-3-6-14-19-13-7-8-18-15(16(13)20(14)9-11)10-1-4-12(5-2-10)21(22)23/h1-6,9,15,18H,7-8H2. The molecule has 3 heterocycles. The van der Waals surface area contributed by atoms with E-state index in [1.165, 1.54) is 0 Å². The Balaban J connectivity index is 1.84. The van der Waals surface area contributed by atoms with Crippen LogP contribution in [0, 0.1) is 10.1 Å². The van der Waals surface area contributed by atoms with Crippen molar-refractivity contribution < 1.29 is 4.92 Å². The average Bonchev–Trinajstić information content (AvgIpc) is 2.93. The summed E-state index contributed by atoms with van der Waals surface area (Å²) in [6, 6.07) is 10.6. The van der Waals surface area contributed by atoms with Crippen molar-refractivity contribution in [1.29, 1.82) is 0 Å². The van der Waals surface area contributed by atoms with E-state index in [4.69, 9.17) is 4.98 Å². The van der Waals surface area contributed by atoms with Crippen LogP contribution >= 0.6 is 15.9 Å². The van der Waals surface area contributed by atoms with Gasteiger partial charge in [-0.1, -0.05) is 12.1 Å². The fraction of sp³-hybridized carbons (Fsp3) is 0.188. The topological polar surface area (TPSA) is 72.5 Å². The number of nitrogens with zero attached hydrogens (tertiary/aromatic N) is 3.